The van der Waals surface area contributed by atoms with Gasteiger partial charge in [0.2, 0.25) is 6.79 Å². The number of ether oxygens (including phenoxy) is 2. The van der Waals surface area contributed by atoms with E-state index in [-0.39, 0.29) is 28.9 Å². The van der Waals surface area contributed by atoms with E-state index in [1.54, 1.807) is 0 Å². The van der Waals surface area contributed by atoms with Gasteiger partial charge in [-0.25, -0.2) is 0 Å². The van der Waals surface area contributed by atoms with Crippen molar-refractivity contribution >= 4 is 23.7 Å². The van der Waals surface area contributed by atoms with E-state index in [0.29, 0.717) is 17.6 Å². The predicted octanol–water partition coefficient (Wildman–Crippen LogP) is 2.08. The van der Waals surface area contributed by atoms with Crippen molar-refractivity contribution in [2.45, 2.75) is 6.92 Å². The minimum Gasteiger partial charge on any atom is -0.453 e. The fourth-order valence-corrected chi connectivity index (χ4v) is 1.67. The van der Waals surface area contributed by atoms with Gasteiger partial charge in [-0.15, -0.1) is 0 Å². The molecule has 0 amide bonds. The van der Waals surface area contributed by atoms with Gasteiger partial charge >= 0.3 is 0 Å². The second-order valence-electron chi connectivity index (χ2n) is 3.06. The highest BCUT2D eigenvalue weighted by atomic mass is 35.5. The van der Waals surface area contributed by atoms with Gasteiger partial charge in [-0.3, -0.25) is 9.59 Å². The molecule has 1 aliphatic heterocycles. The zero-order valence-electron chi connectivity index (χ0n) is 7.87. The van der Waals surface area contributed by atoms with Gasteiger partial charge in [0.25, 0.3) is 0 Å². The van der Waals surface area contributed by atoms with Crippen LogP contribution in [0.2, 0.25) is 5.02 Å². The molecule has 1 aromatic rings. The Hall–Kier alpha value is -1.55. The Morgan fingerprint density at radius 1 is 1.47 bits per heavy atom. The van der Waals surface area contributed by atoms with Gasteiger partial charge < -0.3 is 9.47 Å². The van der Waals surface area contributed by atoms with Crippen molar-refractivity contribution < 1.29 is 19.1 Å². The van der Waals surface area contributed by atoms with Gasteiger partial charge in [0.1, 0.15) is 0 Å². The first kappa shape index (κ1) is 9.98. The van der Waals surface area contributed by atoms with Crippen molar-refractivity contribution in [3.63, 3.8) is 0 Å². The first-order valence-corrected chi connectivity index (χ1v) is 4.61. The molecule has 0 radical (unpaired) electrons. The maximum Gasteiger partial charge on any atom is 0.231 e. The highest BCUT2D eigenvalue weighted by Gasteiger charge is 2.26. The van der Waals surface area contributed by atoms with E-state index in [0.717, 1.165) is 0 Å². The van der Waals surface area contributed by atoms with Gasteiger partial charge in [0.05, 0.1) is 16.1 Å². The van der Waals surface area contributed by atoms with Crippen molar-refractivity contribution in [3.8, 4) is 11.5 Å². The van der Waals surface area contributed by atoms with E-state index in [4.69, 9.17) is 21.1 Å². The van der Waals surface area contributed by atoms with Crippen LogP contribution in [0.1, 0.15) is 27.6 Å². The molecular weight excluding hydrogens is 220 g/mol. The predicted molar refractivity (Wildman–Crippen MR) is 53.0 cm³/mol. The number of Topliss-reactive ketones (excluding diaryl/α,β-unsaturated/α-hetero) is 1. The Morgan fingerprint density at radius 3 is 2.73 bits per heavy atom. The summed E-state index contributed by atoms with van der Waals surface area (Å²) in [6.07, 6.45) is 0.583. The standard InChI is InChI=1S/C10H7ClO4/c1-5(13)6-2-8(11)7(3-12)10-9(6)14-4-15-10/h2-3H,4H2,1H3. The number of aldehydes is 1. The Morgan fingerprint density at radius 2 is 2.13 bits per heavy atom. The Labute approximate surface area is 90.7 Å². The highest BCUT2D eigenvalue weighted by molar-refractivity contribution is 6.34. The van der Waals surface area contributed by atoms with E-state index in [1.165, 1.54) is 13.0 Å². The lowest BCUT2D eigenvalue weighted by Gasteiger charge is -2.05. The molecule has 4 nitrogen and oxygen atoms in total. The summed E-state index contributed by atoms with van der Waals surface area (Å²) in [7, 11) is 0. The smallest absolute Gasteiger partial charge is 0.231 e. The number of benzene rings is 1. The molecule has 0 saturated heterocycles. The van der Waals surface area contributed by atoms with E-state index in [2.05, 4.69) is 0 Å². The van der Waals surface area contributed by atoms with Crippen LogP contribution in [0.4, 0.5) is 0 Å². The number of ketones is 1. The molecule has 0 aliphatic carbocycles. The molecule has 1 heterocycles. The van der Waals surface area contributed by atoms with Crippen LogP contribution in [0.5, 0.6) is 11.5 Å². The first-order chi connectivity index (χ1) is 7.15. The summed E-state index contributed by atoms with van der Waals surface area (Å²) in [4.78, 5) is 22.0. The van der Waals surface area contributed by atoms with Crippen molar-refractivity contribution in [3.05, 3.63) is 22.2 Å². The number of hydrogen-bond donors (Lipinski definition) is 0. The Bertz CT molecular complexity index is 453. The Kier molecular flexibility index (Phi) is 2.36. The van der Waals surface area contributed by atoms with E-state index >= 15 is 0 Å². The summed E-state index contributed by atoms with van der Waals surface area (Å²) in [6.45, 7) is 1.39. The molecule has 78 valence electrons. The van der Waals surface area contributed by atoms with Crippen LogP contribution in [0.15, 0.2) is 6.07 Å². The largest absolute Gasteiger partial charge is 0.453 e. The van der Waals surface area contributed by atoms with Gasteiger partial charge in [-0.2, -0.15) is 0 Å². The molecule has 0 unspecified atom stereocenters. The van der Waals surface area contributed by atoms with Crippen LogP contribution >= 0.6 is 11.6 Å². The molecular formula is C10H7ClO4. The normalized spacial score (nSPS) is 12.7. The summed E-state index contributed by atoms with van der Waals surface area (Å²) in [5.41, 5.74) is 0.548. The number of rotatable bonds is 2. The summed E-state index contributed by atoms with van der Waals surface area (Å²) >= 11 is 5.84. The summed E-state index contributed by atoms with van der Waals surface area (Å²) in [6, 6.07) is 1.42. The quantitative estimate of drug-likeness (QED) is 0.572. The summed E-state index contributed by atoms with van der Waals surface area (Å²) in [5, 5.41) is 0.194. The second-order valence-corrected chi connectivity index (χ2v) is 3.47. The lowest BCUT2D eigenvalue weighted by Crippen LogP contribution is -1.97. The zero-order chi connectivity index (χ0) is 11.0. The minimum atomic E-state index is -0.184. The third kappa shape index (κ3) is 1.47. The molecule has 0 N–H and O–H groups in total. The van der Waals surface area contributed by atoms with Crippen molar-refractivity contribution in [2.24, 2.45) is 0 Å². The third-order valence-electron chi connectivity index (χ3n) is 2.13. The molecule has 0 aromatic heterocycles. The molecule has 1 aliphatic rings. The van der Waals surface area contributed by atoms with Crippen LogP contribution in [0.3, 0.4) is 0 Å². The SMILES string of the molecule is CC(=O)c1cc(Cl)c(C=O)c2c1OCO2. The lowest BCUT2D eigenvalue weighted by molar-refractivity contribution is 0.101. The maximum absolute atomic E-state index is 11.3. The van der Waals surface area contributed by atoms with Gasteiger partial charge in [0.15, 0.2) is 23.6 Å². The number of fused-ring (bicyclic) bond motifs is 1. The number of carbonyl (C=O) groups is 2. The average Bonchev–Trinajstić information content (AvgIpc) is 2.64. The molecule has 2 rings (SSSR count). The number of carbonyl (C=O) groups excluding carboxylic acids is 2. The molecule has 1 aromatic carbocycles. The molecule has 0 bridgehead atoms. The molecule has 0 spiro atoms. The second kappa shape index (κ2) is 3.55. The average molecular weight is 227 g/mol. The lowest BCUT2D eigenvalue weighted by atomic mass is 10.1. The van der Waals surface area contributed by atoms with E-state index in [1.807, 2.05) is 0 Å². The van der Waals surface area contributed by atoms with Crippen LogP contribution in [0.25, 0.3) is 0 Å². The van der Waals surface area contributed by atoms with Crippen LogP contribution in [-0.2, 0) is 0 Å². The van der Waals surface area contributed by atoms with Gasteiger partial charge in [-0.1, -0.05) is 11.6 Å². The van der Waals surface area contributed by atoms with Crippen LogP contribution < -0.4 is 9.47 Å². The third-order valence-corrected chi connectivity index (χ3v) is 2.44. The topological polar surface area (TPSA) is 52.6 Å². The number of halogens is 1. The number of hydrogen-bond acceptors (Lipinski definition) is 4. The summed E-state index contributed by atoms with van der Waals surface area (Å²) < 4.78 is 10.2. The highest BCUT2D eigenvalue weighted by Crippen LogP contribution is 2.41. The zero-order valence-corrected chi connectivity index (χ0v) is 8.63. The fourth-order valence-electron chi connectivity index (χ4n) is 1.43. The van der Waals surface area contributed by atoms with E-state index in [9.17, 15) is 9.59 Å². The van der Waals surface area contributed by atoms with Crippen molar-refractivity contribution in [1.29, 1.82) is 0 Å². The van der Waals surface area contributed by atoms with Gasteiger partial charge in [0, 0.05) is 0 Å². The molecule has 0 fully saturated rings. The van der Waals surface area contributed by atoms with Gasteiger partial charge in [-0.05, 0) is 13.0 Å². The van der Waals surface area contributed by atoms with Crippen molar-refractivity contribution in [2.75, 3.05) is 6.79 Å². The van der Waals surface area contributed by atoms with Crippen molar-refractivity contribution in [1.82, 2.24) is 0 Å². The molecule has 0 saturated carbocycles. The molecule has 0 atom stereocenters. The molecule has 5 heteroatoms. The fraction of sp³-hybridized carbons (Fsp3) is 0.200. The monoisotopic (exact) mass is 226 g/mol. The Balaban J connectivity index is 2.73. The van der Waals surface area contributed by atoms with Crippen LogP contribution in [-0.4, -0.2) is 18.9 Å². The maximum atomic E-state index is 11.3. The van der Waals surface area contributed by atoms with Crippen LogP contribution in [0, 0.1) is 0 Å². The van der Waals surface area contributed by atoms with E-state index < -0.39 is 0 Å². The molecule has 15 heavy (non-hydrogen) atoms. The minimum absolute atomic E-state index is 0.00318. The first-order valence-electron chi connectivity index (χ1n) is 4.23. The summed E-state index contributed by atoms with van der Waals surface area (Å²) in [5.74, 6) is 0.368.